The summed E-state index contributed by atoms with van der Waals surface area (Å²) in [4.78, 5) is 9.10. The number of hydrogen-bond donors (Lipinski definition) is 2. The predicted octanol–water partition coefficient (Wildman–Crippen LogP) is 1.95. The highest BCUT2D eigenvalue weighted by Crippen LogP contribution is 2.22. The van der Waals surface area contributed by atoms with E-state index in [-0.39, 0.29) is 6.04 Å². The van der Waals surface area contributed by atoms with Crippen LogP contribution in [0.25, 0.3) is 0 Å². The van der Waals surface area contributed by atoms with Crippen LogP contribution in [0.4, 0.5) is 0 Å². The van der Waals surface area contributed by atoms with Gasteiger partial charge >= 0.3 is 0 Å². The fourth-order valence-corrected chi connectivity index (χ4v) is 3.38. The number of likely N-dealkylation sites (N-methyl/N-ethyl adjacent to an activating group) is 1. The topological polar surface area (TPSA) is 52.1 Å². The first-order chi connectivity index (χ1) is 12.6. The molecule has 1 atom stereocenters. The van der Waals surface area contributed by atoms with Crippen LogP contribution in [0, 0.1) is 0 Å². The maximum atomic E-state index is 5.36. The number of benzene rings is 1. The van der Waals surface area contributed by atoms with Crippen molar-refractivity contribution in [1.82, 2.24) is 20.4 Å². The van der Waals surface area contributed by atoms with Gasteiger partial charge in [0, 0.05) is 26.7 Å². The average molecular weight is 362 g/mol. The van der Waals surface area contributed by atoms with E-state index < -0.39 is 0 Å². The van der Waals surface area contributed by atoms with Gasteiger partial charge in [0.25, 0.3) is 0 Å². The van der Waals surface area contributed by atoms with Crippen LogP contribution in [-0.2, 0) is 0 Å². The summed E-state index contributed by atoms with van der Waals surface area (Å²) < 4.78 is 5.36. The summed E-state index contributed by atoms with van der Waals surface area (Å²) in [5.41, 5.74) is 1.23. The van der Waals surface area contributed by atoms with Gasteiger partial charge in [-0.1, -0.05) is 18.6 Å². The third-order valence-electron chi connectivity index (χ3n) is 4.96. The Morgan fingerprint density at radius 1 is 1.23 bits per heavy atom. The summed E-state index contributed by atoms with van der Waals surface area (Å²) >= 11 is 0. The lowest BCUT2D eigenvalue weighted by Gasteiger charge is -2.28. The molecule has 0 radical (unpaired) electrons. The molecule has 1 saturated heterocycles. The summed E-state index contributed by atoms with van der Waals surface area (Å²) in [7, 11) is 7.72. The second-order valence-electron chi connectivity index (χ2n) is 7.04. The molecule has 6 heteroatoms. The summed E-state index contributed by atoms with van der Waals surface area (Å²) in [6, 6.07) is 8.49. The second-order valence-corrected chi connectivity index (χ2v) is 7.04. The number of nitrogens with one attached hydrogen (secondary N) is 2. The molecule has 0 saturated carbocycles. The number of rotatable bonds is 8. The van der Waals surface area contributed by atoms with E-state index in [9.17, 15) is 0 Å². The highest BCUT2D eigenvalue weighted by Gasteiger charge is 2.15. The van der Waals surface area contributed by atoms with Crippen LogP contribution < -0.4 is 15.4 Å². The van der Waals surface area contributed by atoms with E-state index in [0.717, 1.165) is 31.3 Å². The maximum Gasteiger partial charge on any atom is 0.191 e. The van der Waals surface area contributed by atoms with E-state index in [1.807, 2.05) is 19.2 Å². The molecule has 1 aromatic rings. The number of nitrogens with zero attached hydrogens (tertiary/aromatic N) is 3. The number of ether oxygens (including phenoxy) is 1. The van der Waals surface area contributed by atoms with Gasteiger partial charge < -0.3 is 25.2 Å². The van der Waals surface area contributed by atoms with Crippen LogP contribution in [0.3, 0.4) is 0 Å². The Bertz CT molecular complexity index is 555. The molecule has 1 fully saturated rings. The summed E-state index contributed by atoms with van der Waals surface area (Å²) in [6.07, 6.45) is 4.04. The Labute approximate surface area is 158 Å². The molecule has 1 unspecified atom stereocenters. The van der Waals surface area contributed by atoms with Crippen LogP contribution in [0.2, 0.25) is 0 Å². The quantitative estimate of drug-likeness (QED) is 0.548. The molecule has 0 aliphatic carbocycles. The van der Waals surface area contributed by atoms with Crippen LogP contribution in [0.15, 0.2) is 29.3 Å². The number of likely N-dealkylation sites (tertiary alicyclic amines) is 1. The fraction of sp³-hybridized carbons (Fsp3) is 0.650. The van der Waals surface area contributed by atoms with Crippen molar-refractivity contribution in [1.29, 1.82) is 0 Å². The van der Waals surface area contributed by atoms with Gasteiger partial charge in [0.1, 0.15) is 5.75 Å². The zero-order chi connectivity index (χ0) is 18.8. The van der Waals surface area contributed by atoms with E-state index in [1.54, 1.807) is 7.11 Å². The van der Waals surface area contributed by atoms with E-state index in [2.05, 4.69) is 51.7 Å². The van der Waals surface area contributed by atoms with Crippen LogP contribution in [0.1, 0.15) is 30.9 Å². The normalized spacial score (nSPS) is 17.2. The molecule has 0 bridgehead atoms. The van der Waals surface area contributed by atoms with Gasteiger partial charge in [-0.05, 0) is 57.7 Å². The minimum atomic E-state index is 0.241. The van der Waals surface area contributed by atoms with Gasteiger partial charge in [0.05, 0.1) is 13.2 Å². The van der Waals surface area contributed by atoms with Gasteiger partial charge in [-0.2, -0.15) is 0 Å². The van der Waals surface area contributed by atoms with Crippen molar-refractivity contribution in [3.05, 3.63) is 29.8 Å². The Morgan fingerprint density at radius 3 is 2.65 bits per heavy atom. The van der Waals surface area contributed by atoms with Crippen molar-refractivity contribution in [2.75, 3.05) is 61.0 Å². The lowest BCUT2D eigenvalue weighted by molar-refractivity contribution is 0.232. The molecular weight excluding hydrogens is 326 g/mol. The monoisotopic (exact) mass is 361 g/mol. The van der Waals surface area contributed by atoms with Crippen LogP contribution in [0.5, 0.6) is 5.75 Å². The Balaban J connectivity index is 1.83. The Kier molecular flexibility index (Phi) is 8.71. The predicted molar refractivity (Wildman–Crippen MR) is 109 cm³/mol. The van der Waals surface area contributed by atoms with E-state index in [4.69, 9.17) is 4.74 Å². The van der Waals surface area contributed by atoms with Crippen LogP contribution in [-0.4, -0.2) is 76.7 Å². The zero-order valence-corrected chi connectivity index (χ0v) is 16.8. The van der Waals surface area contributed by atoms with Crippen molar-refractivity contribution in [3.8, 4) is 5.75 Å². The first-order valence-electron chi connectivity index (χ1n) is 9.61. The standard InChI is InChI=1S/C20H35N5O/c1-21-20(22-11-14-25-12-6-5-7-13-25)23-16-19(24(2)3)17-9-8-10-18(15-17)26-4/h8-10,15,19H,5-7,11-14,16H2,1-4H3,(H2,21,22,23). The van der Waals surface area contributed by atoms with Gasteiger partial charge in [0.2, 0.25) is 0 Å². The van der Waals surface area contributed by atoms with E-state index >= 15 is 0 Å². The maximum absolute atomic E-state index is 5.36. The van der Waals surface area contributed by atoms with Gasteiger partial charge in [-0.25, -0.2) is 0 Å². The largest absolute Gasteiger partial charge is 0.497 e. The Hall–Kier alpha value is -1.79. The molecule has 6 nitrogen and oxygen atoms in total. The third-order valence-corrected chi connectivity index (χ3v) is 4.96. The molecule has 2 rings (SSSR count). The number of aliphatic imine (C=N–C) groups is 1. The third kappa shape index (κ3) is 6.50. The molecule has 1 aliphatic heterocycles. The van der Waals surface area contributed by atoms with Crippen LogP contribution >= 0.6 is 0 Å². The lowest BCUT2D eigenvalue weighted by atomic mass is 10.1. The summed E-state index contributed by atoms with van der Waals surface area (Å²) in [5, 5.41) is 6.90. The smallest absolute Gasteiger partial charge is 0.191 e. The van der Waals surface area contributed by atoms with Crippen molar-refractivity contribution in [2.45, 2.75) is 25.3 Å². The Morgan fingerprint density at radius 2 is 2.00 bits per heavy atom. The highest BCUT2D eigenvalue weighted by atomic mass is 16.5. The van der Waals surface area contributed by atoms with E-state index in [1.165, 1.54) is 37.9 Å². The van der Waals surface area contributed by atoms with Crippen molar-refractivity contribution in [2.24, 2.45) is 4.99 Å². The lowest BCUT2D eigenvalue weighted by Crippen LogP contribution is -2.44. The number of piperidine rings is 1. The molecule has 0 amide bonds. The fourth-order valence-electron chi connectivity index (χ4n) is 3.38. The summed E-state index contributed by atoms with van der Waals surface area (Å²) in [5.74, 6) is 1.75. The molecule has 0 aromatic heterocycles. The van der Waals surface area contributed by atoms with Gasteiger partial charge in [0.15, 0.2) is 5.96 Å². The minimum Gasteiger partial charge on any atom is -0.497 e. The molecule has 2 N–H and O–H groups in total. The molecule has 0 spiro atoms. The van der Waals surface area contributed by atoms with Crippen molar-refractivity contribution in [3.63, 3.8) is 0 Å². The molecule has 1 aromatic carbocycles. The molecule has 146 valence electrons. The number of methoxy groups -OCH3 is 1. The first kappa shape index (κ1) is 20.5. The SMILES string of the molecule is CN=C(NCCN1CCCCC1)NCC(c1cccc(OC)c1)N(C)C. The van der Waals surface area contributed by atoms with Crippen molar-refractivity contribution >= 4 is 5.96 Å². The summed E-state index contributed by atoms with van der Waals surface area (Å²) in [6.45, 7) is 5.24. The molecule has 1 aliphatic rings. The van der Waals surface area contributed by atoms with Gasteiger partial charge in [-0.15, -0.1) is 0 Å². The van der Waals surface area contributed by atoms with E-state index in [0.29, 0.717) is 0 Å². The average Bonchev–Trinajstić information content (AvgIpc) is 2.67. The first-order valence-corrected chi connectivity index (χ1v) is 9.61. The highest BCUT2D eigenvalue weighted by molar-refractivity contribution is 5.79. The van der Waals surface area contributed by atoms with Gasteiger partial charge in [-0.3, -0.25) is 4.99 Å². The zero-order valence-electron chi connectivity index (χ0n) is 16.8. The number of guanidine groups is 1. The molecular formula is C20H35N5O. The molecule has 1 heterocycles. The minimum absolute atomic E-state index is 0.241. The molecule has 26 heavy (non-hydrogen) atoms. The van der Waals surface area contributed by atoms with Crippen molar-refractivity contribution < 1.29 is 4.74 Å². The second kappa shape index (κ2) is 11.0. The number of hydrogen-bond acceptors (Lipinski definition) is 4.